The molecular formula is C20H21BrN2O. The molecular weight excluding hydrogens is 364 g/mol. The molecule has 0 saturated heterocycles. The minimum Gasteiger partial charge on any atom is -0.496 e. The van der Waals surface area contributed by atoms with Crippen LogP contribution in [0.2, 0.25) is 0 Å². The Morgan fingerprint density at radius 3 is 2.71 bits per heavy atom. The van der Waals surface area contributed by atoms with E-state index in [0.29, 0.717) is 0 Å². The quantitative estimate of drug-likeness (QED) is 0.649. The number of methoxy groups -OCH3 is 1. The Balaban J connectivity index is 1.81. The summed E-state index contributed by atoms with van der Waals surface area (Å²) >= 11 is 3.54. The first-order valence-corrected chi connectivity index (χ1v) is 8.80. The zero-order valence-electron chi connectivity index (χ0n) is 14.2. The molecule has 1 N–H and O–H groups in total. The number of benzene rings is 2. The van der Waals surface area contributed by atoms with Crippen LogP contribution in [0.25, 0.3) is 10.9 Å². The summed E-state index contributed by atoms with van der Waals surface area (Å²) < 4.78 is 6.52. The van der Waals surface area contributed by atoms with Crippen molar-refractivity contribution in [3.63, 3.8) is 0 Å². The summed E-state index contributed by atoms with van der Waals surface area (Å²) in [5, 5.41) is 4.69. The minimum atomic E-state index is 0.838. The van der Waals surface area contributed by atoms with Crippen LogP contribution < -0.4 is 10.1 Å². The minimum absolute atomic E-state index is 0.838. The van der Waals surface area contributed by atoms with Crippen molar-refractivity contribution in [1.82, 2.24) is 4.98 Å². The number of aromatic nitrogens is 1. The Kier molecular flexibility index (Phi) is 5.05. The maximum absolute atomic E-state index is 5.46. The van der Waals surface area contributed by atoms with Gasteiger partial charge in [-0.2, -0.15) is 0 Å². The molecule has 0 fully saturated rings. The normalized spacial score (nSPS) is 10.8. The van der Waals surface area contributed by atoms with Crippen molar-refractivity contribution in [1.29, 1.82) is 0 Å². The zero-order valence-corrected chi connectivity index (χ0v) is 15.8. The lowest BCUT2D eigenvalue weighted by Gasteiger charge is -2.13. The smallest absolute Gasteiger partial charge is 0.122 e. The third kappa shape index (κ3) is 3.70. The van der Waals surface area contributed by atoms with E-state index in [0.717, 1.165) is 45.5 Å². The predicted molar refractivity (Wildman–Crippen MR) is 104 cm³/mol. The number of rotatable bonds is 5. The van der Waals surface area contributed by atoms with Gasteiger partial charge in [0.1, 0.15) is 5.75 Å². The lowest BCUT2D eigenvalue weighted by Crippen LogP contribution is -2.07. The first-order valence-electron chi connectivity index (χ1n) is 8.01. The fraction of sp³-hybridized carbons (Fsp3) is 0.250. The highest BCUT2D eigenvalue weighted by atomic mass is 79.9. The number of hydrogen-bond donors (Lipinski definition) is 1. The largest absolute Gasteiger partial charge is 0.496 e. The average Bonchev–Trinajstić information content (AvgIpc) is 2.55. The molecule has 1 aromatic heterocycles. The summed E-state index contributed by atoms with van der Waals surface area (Å²) in [6.07, 6.45) is 0.904. The maximum Gasteiger partial charge on any atom is 0.122 e. The monoisotopic (exact) mass is 384 g/mol. The van der Waals surface area contributed by atoms with E-state index < -0.39 is 0 Å². The lowest BCUT2D eigenvalue weighted by atomic mass is 10.1. The highest BCUT2D eigenvalue weighted by Crippen LogP contribution is 2.27. The van der Waals surface area contributed by atoms with Crippen molar-refractivity contribution < 1.29 is 4.74 Å². The molecule has 2 aromatic carbocycles. The van der Waals surface area contributed by atoms with E-state index in [9.17, 15) is 0 Å². The Morgan fingerprint density at radius 1 is 1.08 bits per heavy atom. The van der Waals surface area contributed by atoms with E-state index in [1.165, 1.54) is 11.1 Å². The molecule has 0 aliphatic rings. The van der Waals surface area contributed by atoms with E-state index in [-0.39, 0.29) is 0 Å². The van der Waals surface area contributed by atoms with Gasteiger partial charge in [-0.1, -0.05) is 33.6 Å². The number of anilines is 1. The number of hydrogen-bond acceptors (Lipinski definition) is 3. The third-order valence-electron chi connectivity index (χ3n) is 4.04. The number of nitrogens with one attached hydrogen (secondary N) is 1. The summed E-state index contributed by atoms with van der Waals surface area (Å²) in [7, 11) is 1.72. The van der Waals surface area contributed by atoms with Gasteiger partial charge >= 0.3 is 0 Å². The first kappa shape index (κ1) is 16.8. The molecule has 0 atom stereocenters. The van der Waals surface area contributed by atoms with Gasteiger partial charge in [0.25, 0.3) is 0 Å². The standard InChI is InChI=1S/C20H21BrN2O/c1-13-4-7-20(24-3)15(10-13)8-9-22-19-11-14(2)23-18-6-5-16(21)12-17(18)19/h4-7,10-12H,8-9H2,1-3H3,(H,22,23). The van der Waals surface area contributed by atoms with E-state index in [4.69, 9.17) is 4.74 Å². The molecule has 3 nitrogen and oxygen atoms in total. The topological polar surface area (TPSA) is 34.1 Å². The van der Waals surface area contributed by atoms with Crippen LogP contribution in [0.15, 0.2) is 46.9 Å². The molecule has 0 aliphatic heterocycles. The molecule has 0 bridgehead atoms. The van der Waals surface area contributed by atoms with Gasteiger partial charge in [-0.15, -0.1) is 0 Å². The molecule has 0 amide bonds. The Bertz CT molecular complexity index is 877. The average molecular weight is 385 g/mol. The lowest BCUT2D eigenvalue weighted by molar-refractivity contribution is 0.410. The van der Waals surface area contributed by atoms with E-state index >= 15 is 0 Å². The van der Waals surface area contributed by atoms with E-state index in [2.05, 4.69) is 57.4 Å². The first-order chi connectivity index (χ1) is 11.6. The van der Waals surface area contributed by atoms with Gasteiger partial charge in [0.15, 0.2) is 0 Å². The fourth-order valence-corrected chi connectivity index (χ4v) is 3.27. The summed E-state index contributed by atoms with van der Waals surface area (Å²) in [6, 6.07) is 14.6. The van der Waals surface area contributed by atoms with Crippen LogP contribution in [0.3, 0.4) is 0 Å². The Labute approximate surface area is 151 Å². The van der Waals surface area contributed by atoms with Crippen molar-refractivity contribution in [2.24, 2.45) is 0 Å². The number of ether oxygens (including phenoxy) is 1. The predicted octanol–water partition coefficient (Wildman–Crippen LogP) is 5.28. The number of halogens is 1. The zero-order chi connectivity index (χ0) is 17.1. The molecule has 0 spiro atoms. The van der Waals surface area contributed by atoms with Gasteiger partial charge in [-0.05, 0) is 56.2 Å². The SMILES string of the molecule is COc1ccc(C)cc1CCNc1cc(C)nc2ccc(Br)cc12. The van der Waals surface area contributed by atoms with E-state index in [1.54, 1.807) is 7.11 Å². The molecule has 1 heterocycles. The van der Waals surface area contributed by atoms with E-state index in [1.807, 2.05) is 25.1 Å². The summed E-state index contributed by atoms with van der Waals surface area (Å²) in [4.78, 5) is 4.60. The second kappa shape index (κ2) is 7.22. The second-order valence-electron chi connectivity index (χ2n) is 5.96. The fourth-order valence-electron chi connectivity index (χ4n) is 2.91. The van der Waals surface area contributed by atoms with Crippen molar-refractivity contribution in [3.05, 3.63) is 63.8 Å². The summed E-state index contributed by atoms with van der Waals surface area (Å²) in [6.45, 7) is 4.97. The molecule has 0 radical (unpaired) electrons. The van der Waals surface area contributed by atoms with Crippen molar-refractivity contribution >= 4 is 32.5 Å². The molecule has 3 aromatic rings. The molecule has 3 rings (SSSR count). The van der Waals surface area contributed by atoms with Gasteiger partial charge in [0, 0.05) is 27.8 Å². The summed E-state index contributed by atoms with van der Waals surface area (Å²) in [5.74, 6) is 0.945. The highest BCUT2D eigenvalue weighted by molar-refractivity contribution is 9.10. The Hall–Kier alpha value is -2.07. The molecule has 24 heavy (non-hydrogen) atoms. The summed E-state index contributed by atoms with van der Waals surface area (Å²) in [5.41, 5.74) is 5.61. The number of aryl methyl sites for hydroxylation is 2. The number of nitrogens with zero attached hydrogens (tertiary/aromatic N) is 1. The maximum atomic E-state index is 5.46. The molecule has 0 saturated carbocycles. The van der Waals surface area contributed by atoms with Gasteiger partial charge in [-0.25, -0.2) is 0 Å². The van der Waals surface area contributed by atoms with Crippen LogP contribution in [0.4, 0.5) is 5.69 Å². The molecule has 0 aliphatic carbocycles. The molecule has 4 heteroatoms. The van der Waals surface area contributed by atoms with Crippen LogP contribution >= 0.6 is 15.9 Å². The Morgan fingerprint density at radius 2 is 1.92 bits per heavy atom. The number of fused-ring (bicyclic) bond motifs is 1. The number of pyridine rings is 1. The van der Waals surface area contributed by atoms with Gasteiger partial charge in [-0.3, -0.25) is 4.98 Å². The van der Waals surface area contributed by atoms with Crippen molar-refractivity contribution in [2.45, 2.75) is 20.3 Å². The van der Waals surface area contributed by atoms with Crippen LogP contribution in [-0.4, -0.2) is 18.6 Å². The molecule has 0 unspecified atom stereocenters. The molecule has 124 valence electrons. The van der Waals surface area contributed by atoms with Crippen molar-refractivity contribution in [3.8, 4) is 5.75 Å². The van der Waals surface area contributed by atoms with Crippen LogP contribution in [0.1, 0.15) is 16.8 Å². The van der Waals surface area contributed by atoms with Crippen LogP contribution in [0, 0.1) is 13.8 Å². The highest BCUT2D eigenvalue weighted by Gasteiger charge is 2.07. The van der Waals surface area contributed by atoms with Gasteiger partial charge < -0.3 is 10.1 Å². The second-order valence-corrected chi connectivity index (χ2v) is 6.88. The van der Waals surface area contributed by atoms with Gasteiger partial charge in [0.05, 0.1) is 12.6 Å². The third-order valence-corrected chi connectivity index (χ3v) is 4.54. The van der Waals surface area contributed by atoms with Crippen LogP contribution in [0.5, 0.6) is 5.75 Å². The van der Waals surface area contributed by atoms with Crippen LogP contribution in [-0.2, 0) is 6.42 Å². The van der Waals surface area contributed by atoms with Gasteiger partial charge in [0.2, 0.25) is 0 Å². The van der Waals surface area contributed by atoms with Crippen molar-refractivity contribution in [2.75, 3.05) is 19.0 Å².